The Kier molecular flexibility index (Phi) is 9.00. The fraction of sp³-hybridized carbons (Fsp3) is 0.556. The normalized spacial score (nSPS) is 14.1. The van der Waals surface area contributed by atoms with Crippen molar-refractivity contribution in [2.24, 2.45) is 5.41 Å². The Labute approximate surface area is 200 Å². The second kappa shape index (κ2) is 10.9. The zero-order valence-electron chi connectivity index (χ0n) is 21.5. The van der Waals surface area contributed by atoms with Gasteiger partial charge in [-0.15, -0.1) is 0 Å². The first-order chi connectivity index (χ1) is 15.2. The van der Waals surface area contributed by atoms with Crippen LogP contribution in [-0.2, 0) is 16.4 Å². The molecule has 0 saturated heterocycles. The molecular formula is C27H41NO4S. The summed E-state index contributed by atoms with van der Waals surface area (Å²) in [4.78, 5) is 0. The van der Waals surface area contributed by atoms with Gasteiger partial charge in [-0.05, 0) is 78.8 Å². The van der Waals surface area contributed by atoms with Crippen LogP contribution < -0.4 is 9.04 Å². The first-order valence-corrected chi connectivity index (χ1v) is 13.5. The van der Waals surface area contributed by atoms with E-state index >= 15 is 0 Å². The zero-order valence-corrected chi connectivity index (χ0v) is 22.3. The van der Waals surface area contributed by atoms with E-state index in [1.54, 1.807) is 7.05 Å². The van der Waals surface area contributed by atoms with Crippen molar-refractivity contribution < 1.29 is 18.3 Å². The highest BCUT2D eigenvalue weighted by Gasteiger charge is 2.23. The summed E-state index contributed by atoms with van der Waals surface area (Å²) in [5.41, 5.74) is 5.06. The minimum atomic E-state index is -3.27. The molecule has 0 amide bonds. The molecule has 1 N–H and O–H groups in total. The molecule has 0 spiro atoms. The fourth-order valence-corrected chi connectivity index (χ4v) is 4.42. The van der Waals surface area contributed by atoms with Gasteiger partial charge in [0.2, 0.25) is 10.0 Å². The highest BCUT2D eigenvalue weighted by atomic mass is 32.2. The second-order valence-corrected chi connectivity index (χ2v) is 12.2. The lowest BCUT2D eigenvalue weighted by molar-refractivity contribution is 0.0216. The number of nitrogens with zero attached hydrogens (tertiary/aromatic N) is 1. The third kappa shape index (κ3) is 7.47. The van der Waals surface area contributed by atoms with Gasteiger partial charge in [-0.25, -0.2) is 8.42 Å². The summed E-state index contributed by atoms with van der Waals surface area (Å²) in [6.45, 7) is 12.5. The maximum Gasteiger partial charge on any atom is 0.232 e. The first kappa shape index (κ1) is 27.2. The van der Waals surface area contributed by atoms with Crippen molar-refractivity contribution in [1.29, 1.82) is 0 Å². The molecule has 0 saturated carbocycles. The number of aliphatic hydroxyl groups excluding tert-OH is 1. The molecule has 6 heteroatoms. The van der Waals surface area contributed by atoms with E-state index in [-0.39, 0.29) is 12.0 Å². The minimum absolute atomic E-state index is 0.210. The van der Waals surface area contributed by atoms with Gasteiger partial charge in [0.1, 0.15) is 12.4 Å². The molecule has 0 bridgehead atoms. The van der Waals surface area contributed by atoms with Crippen molar-refractivity contribution in [1.82, 2.24) is 0 Å². The van der Waals surface area contributed by atoms with Gasteiger partial charge in [-0.3, -0.25) is 4.31 Å². The first-order valence-electron chi connectivity index (χ1n) is 11.7. The number of aryl methyl sites for hydroxylation is 3. The summed E-state index contributed by atoms with van der Waals surface area (Å²) < 4.78 is 30.9. The van der Waals surface area contributed by atoms with Crippen LogP contribution in [-0.4, -0.2) is 39.5 Å². The Morgan fingerprint density at radius 3 is 2.24 bits per heavy atom. The van der Waals surface area contributed by atoms with E-state index in [1.165, 1.54) is 21.7 Å². The van der Waals surface area contributed by atoms with Crippen molar-refractivity contribution in [2.45, 2.75) is 72.8 Å². The quantitative estimate of drug-likeness (QED) is 0.485. The SMILES string of the molecule is CCC(CCc1ccc(N(C)S(C)(=O)=O)c(C)c1)c1ccc(OCC(O)C(C)(C)C)c(C)c1. The second-order valence-electron chi connectivity index (χ2n) is 10.2. The molecule has 184 valence electrons. The van der Waals surface area contributed by atoms with Crippen LogP contribution in [0.4, 0.5) is 5.69 Å². The van der Waals surface area contributed by atoms with Crippen LogP contribution in [0.25, 0.3) is 0 Å². The molecule has 33 heavy (non-hydrogen) atoms. The number of rotatable bonds is 10. The van der Waals surface area contributed by atoms with E-state index in [0.29, 0.717) is 5.92 Å². The van der Waals surface area contributed by atoms with Crippen LogP contribution in [0.1, 0.15) is 68.7 Å². The highest BCUT2D eigenvalue weighted by Crippen LogP contribution is 2.31. The maximum absolute atomic E-state index is 11.9. The molecule has 0 aliphatic heterocycles. The van der Waals surface area contributed by atoms with Gasteiger partial charge in [0.05, 0.1) is 18.0 Å². The smallest absolute Gasteiger partial charge is 0.232 e. The summed E-state index contributed by atoms with van der Waals surface area (Å²) in [5, 5.41) is 10.2. The number of benzene rings is 2. The van der Waals surface area contributed by atoms with Gasteiger partial charge in [-0.2, -0.15) is 0 Å². The Balaban J connectivity index is 2.06. The molecule has 2 rings (SSSR count). The van der Waals surface area contributed by atoms with E-state index in [1.807, 2.05) is 45.9 Å². The van der Waals surface area contributed by atoms with Gasteiger partial charge in [0.15, 0.2) is 0 Å². The lowest BCUT2D eigenvalue weighted by atomic mass is 9.89. The maximum atomic E-state index is 11.9. The predicted molar refractivity (Wildman–Crippen MR) is 138 cm³/mol. The standard InChI is InChI=1S/C27H41NO4S/c1-9-22(12-10-21-11-14-24(19(2)16-21)28(7)33(8,30)31)23-13-15-25(20(3)17-23)32-18-26(29)27(4,5)6/h11,13-17,22,26,29H,9-10,12,18H2,1-8H3. The summed E-state index contributed by atoms with van der Waals surface area (Å²) in [6, 6.07) is 12.4. The third-order valence-corrected chi connectivity index (χ3v) is 7.63. The minimum Gasteiger partial charge on any atom is -0.491 e. The molecule has 0 aliphatic rings. The molecule has 0 aliphatic carbocycles. The van der Waals surface area contributed by atoms with Crippen molar-refractivity contribution in [3.63, 3.8) is 0 Å². The summed E-state index contributed by atoms with van der Waals surface area (Å²) in [6.07, 6.45) is 3.68. The number of aliphatic hydroxyl groups is 1. The van der Waals surface area contributed by atoms with Gasteiger partial charge in [0, 0.05) is 7.05 Å². The number of ether oxygens (including phenoxy) is 1. The van der Waals surface area contributed by atoms with Gasteiger partial charge in [-0.1, -0.05) is 52.0 Å². The van der Waals surface area contributed by atoms with Crippen LogP contribution in [0.5, 0.6) is 5.75 Å². The molecule has 0 aromatic heterocycles. The fourth-order valence-electron chi connectivity index (χ4n) is 3.86. The molecule has 5 nitrogen and oxygen atoms in total. The van der Waals surface area contributed by atoms with Crippen molar-refractivity contribution in [3.05, 3.63) is 58.7 Å². The van der Waals surface area contributed by atoms with Gasteiger partial charge in [0.25, 0.3) is 0 Å². The average molecular weight is 476 g/mol. The van der Waals surface area contributed by atoms with E-state index in [2.05, 4.69) is 32.0 Å². The van der Waals surface area contributed by atoms with E-state index < -0.39 is 16.1 Å². The Bertz CT molecular complexity index is 1040. The zero-order chi connectivity index (χ0) is 25.0. The van der Waals surface area contributed by atoms with Crippen molar-refractivity contribution >= 4 is 15.7 Å². The Hall–Kier alpha value is -2.05. The molecule has 2 aromatic rings. The topological polar surface area (TPSA) is 66.8 Å². The van der Waals surface area contributed by atoms with Crippen LogP contribution in [0.3, 0.4) is 0 Å². The predicted octanol–water partition coefficient (Wildman–Crippen LogP) is 5.61. The number of hydrogen-bond donors (Lipinski definition) is 1. The van der Waals surface area contributed by atoms with E-state index in [0.717, 1.165) is 41.8 Å². The lowest BCUT2D eigenvalue weighted by Gasteiger charge is -2.26. The molecule has 2 atom stereocenters. The van der Waals surface area contributed by atoms with Crippen LogP contribution in [0.2, 0.25) is 0 Å². The average Bonchev–Trinajstić information content (AvgIpc) is 2.71. The molecule has 2 unspecified atom stereocenters. The molecular weight excluding hydrogens is 434 g/mol. The summed E-state index contributed by atoms with van der Waals surface area (Å²) in [5.74, 6) is 1.25. The Morgan fingerprint density at radius 2 is 1.73 bits per heavy atom. The van der Waals surface area contributed by atoms with Crippen LogP contribution >= 0.6 is 0 Å². The molecule has 0 radical (unpaired) electrons. The number of anilines is 1. The van der Waals surface area contributed by atoms with Crippen LogP contribution in [0.15, 0.2) is 36.4 Å². The Morgan fingerprint density at radius 1 is 1.06 bits per heavy atom. The van der Waals surface area contributed by atoms with Crippen molar-refractivity contribution in [3.8, 4) is 5.75 Å². The lowest BCUT2D eigenvalue weighted by Crippen LogP contribution is -2.32. The summed E-state index contributed by atoms with van der Waals surface area (Å²) in [7, 11) is -1.68. The van der Waals surface area contributed by atoms with Gasteiger partial charge < -0.3 is 9.84 Å². The molecule has 0 heterocycles. The van der Waals surface area contributed by atoms with Crippen LogP contribution in [0, 0.1) is 19.3 Å². The van der Waals surface area contributed by atoms with Gasteiger partial charge >= 0.3 is 0 Å². The molecule has 0 fully saturated rings. The largest absolute Gasteiger partial charge is 0.491 e. The number of sulfonamides is 1. The van der Waals surface area contributed by atoms with E-state index in [9.17, 15) is 13.5 Å². The van der Waals surface area contributed by atoms with E-state index in [4.69, 9.17) is 4.74 Å². The highest BCUT2D eigenvalue weighted by molar-refractivity contribution is 7.92. The number of hydrogen-bond acceptors (Lipinski definition) is 4. The van der Waals surface area contributed by atoms with Crippen molar-refractivity contribution in [2.75, 3.05) is 24.2 Å². The molecule has 2 aromatic carbocycles. The monoisotopic (exact) mass is 475 g/mol. The third-order valence-electron chi connectivity index (χ3n) is 6.44. The summed E-state index contributed by atoms with van der Waals surface area (Å²) >= 11 is 0.